The van der Waals surface area contributed by atoms with E-state index in [-0.39, 0.29) is 22.9 Å². The molecule has 31 heavy (non-hydrogen) atoms. The second-order valence-electron chi connectivity index (χ2n) is 7.69. The third-order valence-corrected chi connectivity index (χ3v) is 5.75. The van der Waals surface area contributed by atoms with Gasteiger partial charge in [0, 0.05) is 50.3 Å². The summed E-state index contributed by atoms with van der Waals surface area (Å²) < 4.78 is 25.4. The van der Waals surface area contributed by atoms with Crippen LogP contribution in [0.1, 0.15) is 18.5 Å². The minimum absolute atomic E-state index is 0.0219. The van der Waals surface area contributed by atoms with Crippen LogP contribution in [0.25, 0.3) is 11.3 Å². The summed E-state index contributed by atoms with van der Waals surface area (Å²) >= 11 is 6.29. The number of Topliss-reactive ketones (excluding diaryl/α,β-unsaturated/α-hetero) is 1. The van der Waals surface area contributed by atoms with Crippen LogP contribution >= 0.6 is 11.6 Å². The van der Waals surface area contributed by atoms with Gasteiger partial charge in [0.15, 0.2) is 5.78 Å². The zero-order valence-corrected chi connectivity index (χ0v) is 17.8. The Morgan fingerprint density at radius 3 is 2.87 bits per heavy atom. The number of rotatable bonds is 7. The lowest BCUT2D eigenvalue weighted by Gasteiger charge is -2.22. The lowest BCUT2D eigenvalue weighted by atomic mass is 10.0. The summed E-state index contributed by atoms with van der Waals surface area (Å²) in [5, 5.41) is 6.59. The van der Waals surface area contributed by atoms with E-state index in [1.165, 1.54) is 12.4 Å². The molecular weight excluding hydrogens is 425 g/mol. The molecule has 2 aromatic heterocycles. The van der Waals surface area contributed by atoms with E-state index in [4.69, 9.17) is 21.1 Å². The molecule has 2 saturated heterocycles. The number of hydrogen-bond acceptors (Lipinski definition) is 8. The number of pyridine rings is 1. The number of halogens is 2. The van der Waals surface area contributed by atoms with Crippen molar-refractivity contribution in [3.05, 3.63) is 35.1 Å². The van der Waals surface area contributed by atoms with Crippen molar-refractivity contribution in [2.24, 2.45) is 5.92 Å². The van der Waals surface area contributed by atoms with Crippen LogP contribution in [-0.2, 0) is 20.7 Å². The van der Waals surface area contributed by atoms with Crippen molar-refractivity contribution >= 4 is 23.2 Å². The minimum Gasteiger partial charge on any atom is -0.381 e. The summed E-state index contributed by atoms with van der Waals surface area (Å²) in [4.78, 5) is 24.9. The second kappa shape index (κ2) is 10.4. The van der Waals surface area contributed by atoms with Gasteiger partial charge in [-0.05, 0) is 24.8 Å². The Balaban J connectivity index is 1.49. The zero-order chi connectivity index (χ0) is 21.6. The Hall–Kier alpha value is -2.20. The predicted molar refractivity (Wildman–Crippen MR) is 114 cm³/mol. The van der Waals surface area contributed by atoms with Crippen molar-refractivity contribution in [3.8, 4) is 11.3 Å². The maximum atomic E-state index is 14.5. The fourth-order valence-corrected chi connectivity index (χ4v) is 3.85. The number of morpholine rings is 1. The van der Waals surface area contributed by atoms with Gasteiger partial charge < -0.3 is 20.1 Å². The van der Waals surface area contributed by atoms with Crippen LogP contribution in [0.2, 0.25) is 5.02 Å². The van der Waals surface area contributed by atoms with E-state index in [1.54, 1.807) is 6.07 Å². The quantitative estimate of drug-likeness (QED) is 0.664. The smallest absolute Gasteiger partial charge is 0.239 e. The molecule has 0 radical (unpaired) electrons. The molecule has 1 atom stereocenters. The summed E-state index contributed by atoms with van der Waals surface area (Å²) in [6.45, 7) is 3.91. The molecule has 2 N–H and O–H groups in total. The molecule has 0 unspecified atom stereocenters. The molecule has 0 spiro atoms. The Labute approximate surface area is 184 Å². The normalized spacial score (nSPS) is 19.9. The van der Waals surface area contributed by atoms with Gasteiger partial charge in [-0.1, -0.05) is 11.6 Å². The molecule has 0 bridgehead atoms. The summed E-state index contributed by atoms with van der Waals surface area (Å²) in [5.74, 6) is 0.117. The van der Waals surface area contributed by atoms with E-state index in [0.717, 1.165) is 32.6 Å². The van der Waals surface area contributed by atoms with Crippen molar-refractivity contribution in [1.82, 2.24) is 20.3 Å². The van der Waals surface area contributed by atoms with E-state index >= 15 is 0 Å². The van der Waals surface area contributed by atoms with Gasteiger partial charge in [0.2, 0.25) is 5.95 Å². The number of nitrogens with one attached hydrogen (secondary N) is 2. The molecule has 2 fully saturated rings. The molecule has 2 aromatic rings. The molecule has 0 saturated carbocycles. The number of aromatic nitrogens is 3. The summed E-state index contributed by atoms with van der Waals surface area (Å²) in [6, 6.07) is 1.59. The zero-order valence-electron chi connectivity index (χ0n) is 17.1. The van der Waals surface area contributed by atoms with Crippen molar-refractivity contribution < 1.29 is 18.7 Å². The maximum Gasteiger partial charge on any atom is 0.239 e. The van der Waals surface area contributed by atoms with Gasteiger partial charge in [-0.15, -0.1) is 0 Å². The first-order chi connectivity index (χ1) is 15.1. The standard InChI is InChI=1S/C21H25ClFN5O3/c22-16-10-25-14(8-17(29)18-11-24-3-6-31-18)7-15(16)20-21(23)27-12-19(28-20)26-9-13-1-4-30-5-2-13/h7,10,12-13,18,24H,1-6,8-9,11H2,(H,26,28)/t18-/m1/s1. The molecule has 0 amide bonds. The Morgan fingerprint density at radius 1 is 1.26 bits per heavy atom. The molecule has 2 aliphatic heterocycles. The topological polar surface area (TPSA) is 98.3 Å². The fraction of sp³-hybridized carbons (Fsp3) is 0.524. The number of anilines is 1. The number of ketones is 1. The SMILES string of the molecule is O=C(Cc1cc(-c2nc(NCC3CCOCC3)cnc2F)c(Cl)cn1)[C@H]1CNCCO1. The van der Waals surface area contributed by atoms with E-state index in [9.17, 15) is 9.18 Å². The highest BCUT2D eigenvalue weighted by molar-refractivity contribution is 6.33. The average Bonchev–Trinajstić information content (AvgIpc) is 2.81. The van der Waals surface area contributed by atoms with Crippen molar-refractivity contribution in [1.29, 1.82) is 0 Å². The predicted octanol–water partition coefficient (Wildman–Crippen LogP) is 2.27. The molecule has 8 nitrogen and oxygen atoms in total. The third kappa shape index (κ3) is 5.74. The first-order valence-electron chi connectivity index (χ1n) is 10.4. The molecule has 10 heteroatoms. The van der Waals surface area contributed by atoms with Gasteiger partial charge in [-0.3, -0.25) is 9.78 Å². The minimum atomic E-state index is -0.734. The average molecular weight is 450 g/mol. The molecule has 4 heterocycles. The van der Waals surface area contributed by atoms with Crippen LogP contribution in [0.5, 0.6) is 0 Å². The Bertz CT molecular complexity index is 920. The molecule has 0 aliphatic carbocycles. The summed E-state index contributed by atoms with van der Waals surface area (Å²) in [5.41, 5.74) is 0.843. The Morgan fingerprint density at radius 2 is 2.10 bits per heavy atom. The van der Waals surface area contributed by atoms with Gasteiger partial charge >= 0.3 is 0 Å². The van der Waals surface area contributed by atoms with Crippen molar-refractivity contribution in [3.63, 3.8) is 0 Å². The first-order valence-corrected chi connectivity index (χ1v) is 10.8. The van der Waals surface area contributed by atoms with Crippen LogP contribution in [0.3, 0.4) is 0 Å². The van der Waals surface area contributed by atoms with Gasteiger partial charge in [0.25, 0.3) is 0 Å². The Kier molecular flexibility index (Phi) is 7.39. The first kappa shape index (κ1) is 22.0. The van der Waals surface area contributed by atoms with Crippen molar-refractivity contribution in [2.75, 3.05) is 44.8 Å². The molecular formula is C21H25ClFN5O3. The fourth-order valence-electron chi connectivity index (χ4n) is 3.66. The molecule has 2 aliphatic rings. The monoisotopic (exact) mass is 449 g/mol. The van der Waals surface area contributed by atoms with Crippen LogP contribution in [0.4, 0.5) is 10.2 Å². The number of hydrogen-bond donors (Lipinski definition) is 2. The number of carbonyl (C=O) groups is 1. The number of nitrogens with zero attached hydrogens (tertiary/aromatic N) is 3. The van der Waals surface area contributed by atoms with Crippen molar-refractivity contribution in [2.45, 2.75) is 25.4 Å². The highest BCUT2D eigenvalue weighted by atomic mass is 35.5. The lowest BCUT2D eigenvalue weighted by molar-refractivity contribution is -0.131. The van der Waals surface area contributed by atoms with Crippen LogP contribution in [0, 0.1) is 11.9 Å². The summed E-state index contributed by atoms with van der Waals surface area (Å²) in [6.07, 6.45) is 4.27. The highest BCUT2D eigenvalue weighted by Crippen LogP contribution is 2.29. The van der Waals surface area contributed by atoms with Gasteiger partial charge in [0.05, 0.1) is 24.2 Å². The second-order valence-corrected chi connectivity index (χ2v) is 8.10. The summed E-state index contributed by atoms with van der Waals surface area (Å²) in [7, 11) is 0. The number of carbonyl (C=O) groups excluding carboxylic acids is 1. The lowest BCUT2D eigenvalue weighted by Crippen LogP contribution is -2.43. The van der Waals surface area contributed by atoms with Crippen LogP contribution in [-0.4, -0.2) is 66.3 Å². The van der Waals surface area contributed by atoms with E-state index in [1.807, 2.05) is 0 Å². The van der Waals surface area contributed by atoms with E-state index in [0.29, 0.717) is 42.7 Å². The third-order valence-electron chi connectivity index (χ3n) is 5.45. The molecule has 4 rings (SSSR count). The molecule has 0 aromatic carbocycles. The van der Waals surface area contributed by atoms with Gasteiger partial charge in [-0.25, -0.2) is 9.97 Å². The van der Waals surface area contributed by atoms with Gasteiger partial charge in [0.1, 0.15) is 17.6 Å². The number of ether oxygens (including phenoxy) is 2. The molecule has 166 valence electrons. The van der Waals surface area contributed by atoms with Crippen LogP contribution < -0.4 is 10.6 Å². The largest absolute Gasteiger partial charge is 0.381 e. The highest BCUT2D eigenvalue weighted by Gasteiger charge is 2.23. The van der Waals surface area contributed by atoms with Crippen LogP contribution in [0.15, 0.2) is 18.5 Å². The maximum absolute atomic E-state index is 14.5. The van der Waals surface area contributed by atoms with E-state index in [2.05, 4.69) is 25.6 Å². The van der Waals surface area contributed by atoms with Gasteiger partial charge in [-0.2, -0.15) is 4.39 Å². The van der Waals surface area contributed by atoms with E-state index < -0.39 is 12.1 Å².